The van der Waals surface area contributed by atoms with E-state index in [0.717, 1.165) is 11.8 Å². The molecule has 0 bridgehead atoms. The number of nitrogens with zero attached hydrogens (tertiary/aromatic N) is 4. The monoisotopic (exact) mass is 343 g/mol. The summed E-state index contributed by atoms with van der Waals surface area (Å²) in [4.78, 5) is 27.7. The minimum Gasteiger partial charge on any atom is -0.411 e. The van der Waals surface area contributed by atoms with Gasteiger partial charge in [-0.05, 0) is 24.3 Å². The molecule has 0 fully saturated rings. The number of carbonyl (C=O) groups is 2. The molecule has 3 aromatic rings. The molecule has 0 spiro atoms. The molecule has 3 aromatic heterocycles. The summed E-state index contributed by atoms with van der Waals surface area (Å²) in [7, 11) is 1.73. The molecule has 9 heteroatoms. The highest BCUT2D eigenvalue weighted by Crippen LogP contribution is 2.22. The lowest BCUT2D eigenvalue weighted by molar-refractivity contribution is -0.117. The average Bonchev–Trinajstić information content (AvgIpc) is 3.22. The molecule has 3 heterocycles. The van der Waals surface area contributed by atoms with Crippen LogP contribution in [0.1, 0.15) is 10.5 Å². The second-order valence-electron chi connectivity index (χ2n) is 4.79. The van der Waals surface area contributed by atoms with Crippen molar-refractivity contribution in [3.8, 4) is 11.5 Å². The van der Waals surface area contributed by atoms with Gasteiger partial charge in [-0.15, -0.1) is 10.2 Å². The summed E-state index contributed by atoms with van der Waals surface area (Å²) in [6.45, 7) is 0. The van der Waals surface area contributed by atoms with E-state index in [-0.39, 0.29) is 11.0 Å². The molecule has 0 aliphatic rings. The smallest absolute Gasteiger partial charge is 0.277 e. The maximum Gasteiger partial charge on any atom is 0.277 e. The van der Waals surface area contributed by atoms with Gasteiger partial charge < -0.3 is 8.98 Å². The van der Waals surface area contributed by atoms with Crippen molar-refractivity contribution in [3.05, 3.63) is 48.5 Å². The lowest BCUT2D eigenvalue weighted by Gasteiger charge is -2.03. The van der Waals surface area contributed by atoms with Crippen LogP contribution in [-0.2, 0) is 11.8 Å². The molecule has 2 amide bonds. The molecule has 24 heavy (non-hydrogen) atoms. The maximum absolute atomic E-state index is 11.9. The molecule has 0 unspecified atom stereocenters. The lowest BCUT2D eigenvalue weighted by Crippen LogP contribution is -2.32. The van der Waals surface area contributed by atoms with Gasteiger partial charge >= 0.3 is 0 Å². The van der Waals surface area contributed by atoms with Crippen molar-refractivity contribution in [2.24, 2.45) is 7.05 Å². The number of aromatic nitrogens is 4. The summed E-state index contributed by atoms with van der Waals surface area (Å²) in [5.74, 6) is -0.571. The van der Waals surface area contributed by atoms with Crippen molar-refractivity contribution in [2.75, 3.05) is 5.75 Å². The van der Waals surface area contributed by atoms with Gasteiger partial charge in [0.25, 0.3) is 11.1 Å². The first-order valence-corrected chi connectivity index (χ1v) is 7.94. The SMILES string of the molecule is Cn1cccc1C(=O)NC(=O)CSc1nnc(-c2cccnc2)o1. The van der Waals surface area contributed by atoms with Gasteiger partial charge in [0.15, 0.2) is 0 Å². The topological polar surface area (TPSA) is 103 Å². The van der Waals surface area contributed by atoms with Crippen molar-refractivity contribution in [2.45, 2.75) is 5.22 Å². The number of hydrogen-bond acceptors (Lipinski definition) is 7. The second-order valence-corrected chi connectivity index (χ2v) is 5.71. The van der Waals surface area contributed by atoms with E-state index in [1.165, 1.54) is 0 Å². The number of aryl methyl sites for hydroxylation is 1. The molecular weight excluding hydrogens is 330 g/mol. The predicted octanol–water partition coefficient (Wildman–Crippen LogP) is 1.52. The Kier molecular flexibility index (Phi) is 4.71. The van der Waals surface area contributed by atoms with E-state index in [9.17, 15) is 9.59 Å². The van der Waals surface area contributed by atoms with Crippen molar-refractivity contribution in [1.29, 1.82) is 0 Å². The second kappa shape index (κ2) is 7.09. The van der Waals surface area contributed by atoms with Crippen LogP contribution in [0, 0.1) is 0 Å². The van der Waals surface area contributed by atoms with Gasteiger partial charge in [0, 0.05) is 25.6 Å². The summed E-state index contributed by atoms with van der Waals surface area (Å²) in [5, 5.41) is 10.3. The first-order valence-electron chi connectivity index (χ1n) is 6.95. The van der Waals surface area contributed by atoms with Crippen molar-refractivity contribution >= 4 is 23.6 Å². The number of nitrogens with one attached hydrogen (secondary N) is 1. The Morgan fingerprint density at radius 2 is 2.17 bits per heavy atom. The zero-order chi connectivity index (χ0) is 16.9. The van der Waals surface area contributed by atoms with Gasteiger partial charge in [-0.3, -0.25) is 19.9 Å². The van der Waals surface area contributed by atoms with Crippen molar-refractivity contribution < 1.29 is 14.0 Å². The Morgan fingerprint density at radius 1 is 1.29 bits per heavy atom. The maximum atomic E-state index is 11.9. The van der Waals surface area contributed by atoms with E-state index in [4.69, 9.17) is 4.42 Å². The molecule has 0 aliphatic heterocycles. The van der Waals surface area contributed by atoms with Crippen LogP contribution in [0.2, 0.25) is 0 Å². The minimum atomic E-state index is -0.449. The lowest BCUT2D eigenvalue weighted by atomic mass is 10.3. The highest BCUT2D eigenvalue weighted by Gasteiger charge is 2.15. The highest BCUT2D eigenvalue weighted by atomic mass is 32.2. The number of thioether (sulfide) groups is 1. The Morgan fingerprint density at radius 3 is 2.88 bits per heavy atom. The zero-order valence-electron chi connectivity index (χ0n) is 12.7. The van der Waals surface area contributed by atoms with E-state index in [1.807, 2.05) is 0 Å². The van der Waals surface area contributed by atoms with Gasteiger partial charge in [-0.2, -0.15) is 0 Å². The fourth-order valence-corrected chi connectivity index (χ4v) is 2.49. The van der Waals surface area contributed by atoms with E-state index < -0.39 is 11.8 Å². The predicted molar refractivity (Wildman–Crippen MR) is 86.1 cm³/mol. The normalized spacial score (nSPS) is 10.5. The minimum absolute atomic E-state index is 0.00909. The van der Waals surface area contributed by atoms with Crippen LogP contribution in [0.5, 0.6) is 0 Å². The summed E-state index contributed by atoms with van der Waals surface area (Å²) < 4.78 is 7.08. The summed E-state index contributed by atoms with van der Waals surface area (Å²) >= 11 is 1.06. The number of carbonyl (C=O) groups excluding carboxylic acids is 2. The summed E-state index contributed by atoms with van der Waals surface area (Å²) in [6.07, 6.45) is 4.98. The Labute approximate surface area is 141 Å². The Bertz CT molecular complexity index is 859. The molecule has 0 saturated carbocycles. The van der Waals surface area contributed by atoms with E-state index in [2.05, 4.69) is 20.5 Å². The van der Waals surface area contributed by atoms with Crippen LogP contribution in [0.15, 0.2) is 52.5 Å². The molecule has 1 N–H and O–H groups in total. The Balaban J connectivity index is 1.54. The third-order valence-corrected chi connectivity index (χ3v) is 3.89. The van der Waals surface area contributed by atoms with Gasteiger partial charge in [0.2, 0.25) is 11.8 Å². The molecule has 0 radical (unpaired) electrons. The summed E-state index contributed by atoms with van der Waals surface area (Å²) in [5.41, 5.74) is 1.10. The largest absolute Gasteiger partial charge is 0.411 e. The summed E-state index contributed by atoms with van der Waals surface area (Å²) in [6, 6.07) is 6.91. The van der Waals surface area contributed by atoms with Crippen LogP contribution in [-0.4, -0.2) is 37.3 Å². The number of rotatable bonds is 5. The van der Waals surface area contributed by atoms with Crippen molar-refractivity contribution in [3.63, 3.8) is 0 Å². The van der Waals surface area contributed by atoms with E-state index in [0.29, 0.717) is 17.1 Å². The number of imide groups is 1. The molecular formula is C15H13N5O3S. The zero-order valence-corrected chi connectivity index (χ0v) is 13.5. The number of pyridine rings is 1. The van der Waals surface area contributed by atoms with Crippen LogP contribution in [0.25, 0.3) is 11.5 Å². The molecule has 0 aromatic carbocycles. The molecule has 0 aliphatic carbocycles. The van der Waals surface area contributed by atoms with Crippen LogP contribution in [0.3, 0.4) is 0 Å². The quantitative estimate of drug-likeness (QED) is 0.701. The fraction of sp³-hybridized carbons (Fsp3) is 0.133. The standard InChI is InChI=1S/C15H13N5O3S/c1-20-7-3-5-11(20)13(22)17-12(21)9-24-15-19-18-14(23-15)10-4-2-6-16-8-10/h2-8H,9H2,1H3,(H,17,21,22). The third-order valence-electron chi connectivity index (χ3n) is 3.07. The van der Waals surface area contributed by atoms with Gasteiger partial charge in [0.05, 0.1) is 11.3 Å². The highest BCUT2D eigenvalue weighted by molar-refractivity contribution is 7.99. The molecule has 0 saturated heterocycles. The fourth-order valence-electron chi connectivity index (χ4n) is 1.93. The van der Waals surface area contributed by atoms with Crippen LogP contribution < -0.4 is 5.32 Å². The molecule has 122 valence electrons. The number of amides is 2. The van der Waals surface area contributed by atoms with Gasteiger partial charge in [-0.25, -0.2) is 0 Å². The first kappa shape index (κ1) is 15.9. The molecule has 8 nitrogen and oxygen atoms in total. The van der Waals surface area contributed by atoms with Crippen LogP contribution >= 0.6 is 11.8 Å². The van der Waals surface area contributed by atoms with Crippen molar-refractivity contribution in [1.82, 2.24) is 25.1 Å². The molecule has 3 rings (SSSR count). The van der Waals surface area contributed by atoms with Crippen LogP contribution in [0.4, 0.5) is 0 Å². The molecule has 0 atom stereocenters. The third kappa shape index (κ3) is 3.69. The van der Waals surface area contributed by atoms with Gasteiger partial charge in [-0.1, -0.05) is 11.8 Å². The first-order chi connectivity index (χ1) is 11.6. The average molecular weight is 343 g/mol. The Hall–Kier alpha value is -2.94. The van der Waals surface area contributed by atoms with E-state index >= 15 is 0 Å². The van der Waals surface area contributed by atoms with E-state index in [1.54, 1.807) is 54.5 Å². The number of hydrogen-bond donors (Lipinski definition) is 1. The van der Waals surface area contributed by atoms with Gasteiger partial charge in [0.1, 0.15) is 5.69 Å².